The molecule has 3 heteroatoms. The highest BCUT2D eigenvalue weighted by Gasteiger charge is 2.78. The second-order valence-corrected chi connectivity index (χ2v) is 4.93. The Morgan fingerprint density at radius 3 is 2.46 bits per heavy atom. The van der Waals surface area contributed by atoms with Crippen molar-refractivity contribution in [1.82, 2.24) is 4.90 Å². The largest absolute Gasteiger partial charge is 0.300 e. The molecule has 1 nitrogen and oxygen atoms in total. The van der Waals surface area contributed by atoms with Crippen molar-refractivity contribution in [3.05, 3.63) is 0 Å². The van der Waals surface area contributed by atoms with Crippen molar-refractivity contribution >= 4 is 0 Å². The van der Waals surface area contributed by atoms with Gasteiger partial charge in [-0.25, -0.2) is 8.78 Å². The van der Waals surface area contributed by atoms with E-state index in [2.05, 4.69) is 18.7 Å². The van der Waals surface area contributed by atoms with E-state index < -0.39 is 11.3 Å². The van der Waals surface area contributed by atoms with Crippen LogP contribution in [0.1, 0.15) is 27.2 Å². The number of rotatable bonds is 1. The number of nitrogens with zero attached hydrogens (tertiary/aromatic N) is 1. The Balaban J connectivity index is 2.06. The number of hydrogen-bond acceptors (Lipinski definition) is 1. The summed E-state index contributed by atoms with van der Waals surface area (Å²) in [6.45, 7) is 7.29. The van der Waals surface area contributed by atoms with Crippen molar-refractivity contribution in [2.24, 2.45) is 11.3 Å². The zero-order valence-electron chi connectivity index (χ0n) is 8.48. The summed E-state index contributed by atoms with van der Waals surface area (Å²) in [4.78, 5) is 2.16. The van der Waals surface area contributed by atoms with Crippen LogP contribution in [0, 0.1) is 11.3 Å². The van der Waals surface area contributed by atoms with Crippen molar-refractivity contribution in [3.63, 3.8) is 0 Å². The van der Waals surface area contributed by atoms with Crippen LogP contribution in [0.2, 0.25) is 0 Å². The number of alkyl halides is 2. The average molecular weight is 189 g/mol. The van der Waals surface area contributed by atoms with Crippen LogP contribution in [-0.2, 0) is 0 Å². The van der Waals surface area contributed by atoms with Gasteiger partial charge in [0.2, 0.25) is 0 Å². The normalized spacial score (nSPS) is 43.4. The van der Waals surface area contributed by atoms with E-state index >= 15 is 0 Å². The molecule has 0 spiro atoms. The summed E-state index contributed by atoms with van der Waals surface area (Å²) in [6, 6.07) is 0.404. The zero-order valence-corrected chi connectivity index (χ0v) is 8.48. The molecule has 2 atom stereocenters. The fourth-order valence-electron chi connectivity index (χ4n) is 2.50. The first kappa shape index (κ1) is 9.38. The van der Waals surface area contributed by atoms with E-state index in [4.69, 9.17) is 0 Å². The lowest BCUT2D eigenvalue weighted by Gasteiger charge is -2.31. The third-order valence-corrected chi connectivity index (χ3v) is 3.95. The molecule has 0 bridgehead atoms. The Kier molecular flexibility index (Phi) is 1.76. The van der Waals surface area contributed by atoms with Crippen LogP contribution in [0.4, 0.5) is 8.78 Å². The molecule has 1 saturated carbocycles. The van der Waals surface area contributed by atoms with Crippen molar-refractivity contribution in [2.75, 3.05) is 13.1 Å². The Labute approximate surface area is 78.1 Å². The first-order chi connectivity index (χ1) is 5.89. The van der Waals surface area contributed by atoms with Crippen LogP contribution in [0.15, 0.2) is 0 Å². The molecule has 1 heterocycles. The second-order valence-electron chi connectivity index (χ2n) is 4.93. The number of likely N-dealkylation sites (tertiary alicyclic amines) is 1. The summed E-state index contributed by atoms with van der Waals surface area (Å²) in [7, 11) is 0. The van der Waals surface area contributed by atoms with E-state index in [1.807, 2.05) is 0 Å². The minimum atomic E-state index is -2.39. The first-order valence-corrected chi connectivity index (χ1v) is 5.01. The highest BCUT2D eigenvalue weighted by atomic mass is 19.3. The molecule has 1 aliphatic carbocycles. The Bertz CT molecular complexity index is 227. The van der Waals surface area contributed by atoms with Gasteiger partial charge in [0.05, 0.1) is 0 Å². The van der Waals surface area contributed by atoms with Crippen molar-refractivity contribution in [1.29, 1.82) is 0 Å². The van der Waals surface area contributed by atoms with Crippen molar-refractivity contribution < 1.29 is 8.78 Å². The molecule has 1 saturated heterocycles. The maximum absolute atomic E-state index is 13.3. The molecule has 0 aromatic heterocycles. The minimum absolute atomic E-state index is 0.379. The lowest BCUT2D eigenvalue weighted by Crippen LogP contribution is -2.38. The fourth-order valence-corrected chi connectivity index (χ4v) is 2.50. The lowest BCUT2D eigenvalue weighted by molar-refractivity contribution is 0.0636. The summed E-state index contributed by atoms with van der Waals surface area (Å²) in [5, 5.41) is 0. The number of halogens is 2. The fraction of sp³-hybridized carbons (Fsp3) is 1.00. The smallest absolute Gasteiger partial charge is 0.258 e. The minimum Gasteiger partial charge on any atom is -0.300 e. The molecule has 0 aromatic rings. The molecule has 1 aliphatic heterocycles. The van der Waals surface area contributed by atoms with E-state index in [-0.39, 0.29) is 5.92 Å². The van der Waals surface area contributed by atoms with E-state index in [9.17, 15) is 8.78 Å². The number of hydrogen-bond donors (Lipinski definition) is 0. The van der Waals surface area contributed by atoms with E-state index in [0.717, 1.165) is 6.54 Å². The zero-order chi connectivity index (χ0) is 9.85. The summed E-state index contributed by atoms with van der Waals surface area (Å²) in [6.07, 6.45) is 0.656. The van der Waals surface area contributed by atoms with Crippen molar-refractivity contribution in [3.8, 4) is 0 Å². The molecule has 2 unspecified atom stereocenters. The third-order valence-electron chi connectivity index (χ3n) is 3.95. The van der Waals surface area contributed by atoms with Gasteiger partial charge in [-0.1, -0.05) is 6.92 Å². The predicted molar refractivity (Wildman–Crippen MR) is 47.9 cm³/mol. The molecule has 2 aliphatic rings. The maximum atomic E-state index is 13.3. The SMILES string of the molecule is CC(C)N1CCC2(C)C(C1)C2(F)F. The van der Waals surface area contributed by atoms with E-state index in [1.54, 1.807) is 6.92 Å². The molecule has 0 amide bonds. The van der Waals surface area contributed by atoms with Crippen LogP contribution < -0.4 is 0 Å². The molecule has 2 fully saturated rings. The third kappa shape index (κ3) is 1.06. The van der Waals surface area contributed by atoms with Crippen LogP contribution in [-0.4, -0.2) is 30.0 Å². The molecular weight excluding hydrogens is 172 g/mol. The Morgan fingerprint density at radius 1 is 1.38 bits per heavy atom. The summed E-state index contributed by atoms with van der Waals surface area (Å²) < 4.78 is 26.6. The van der Waals surface area contributed by atoms with Crippen LogP contribution >= 0.6 is 0 Å². The predicted octanol–water partition coefficient (Wildman–Crippen LogP) is 2.37. The molecule has 13 heavy (non-hydrogen) atoms. The quantitative estimate of drug-likeness (QED) is 0.612. The van der Waals surface area contributed by atoms with Gasteiger partial charge in [0, 0.05) is 23.9 Å². The van der Waals surface area contributed by atoms with Gasteiger partial charge in [-0.2, -0.15) is 0 Å². The first-order valence-electron chi connectivity index (χ1n) is 5.01. The van der Waals surface area contributed by atoms with Gasteiger partial charge in [0.25, 0.3) is 5.92 Å². The molecule has 0 N–H and O–H groups in total. The van der Waals surface area contributed by atoms with Gasteiger partial charge in [0.1, 0.15) is 0 Å². The Morgan fingerprint density at radius 2 is 2.00 bits per heavy atom. The monoisotopic (exact) mass is 189 g/mol. The van der Waals surface area contributed by atoms with Gasteiger partial charge in [-0.15, -0.1) is 0 Å². The highest BCUT2D eigenvalue weighted by molar-refractivity contribution is 5.18. The highest BCUT2D eigenvalue weighted by Crippen LogP contribution is 2.69. The number of piperidine rings is 1. The van der Waals surface area contributed by atoms with Crippen molar-refractivity contribution in [2.45, 2.75) is 39.2 Å². The average Bonchev–Trinajstić information content (AvgIpc) is 2.46. The molecular formula is C10H17F2N. The number of fused-ring (bicyclic) bond motifs is 1. The van der Waals surface area contributed by atoms with Gasteiger partial charge < -0.3 is 4.90 Å². The van der Waals surface area contributed by atoms with Gasteiger partial charge in [-0.3, -0.25) is 0 Å². The van der Waals surface area contributed by atoms with Crippen LogP contribution in [0.3, 0.4) is 0 Å². The van der Waals surface area contributed by atoms with Gasteiger partial charge in [-0.05, 0) is 26.8 Å². The molecule has 0 radical (unpaired) electrons. The van der Waals surface area contributed by atoms with Crippen LogP contribution in [0.5, 0.6) is 0 Å². The van der Waals surface area contributed by atoms with Crippen LogP contribution in [0.25, 0.3) is 0 Å². The van der Waals surface area contributed by atoms with E-state index in [1.165, 1.54) is 0 Å². The molecule has 76 valence electrons. The summed E-state index contributed by atoms with van der Waals surface area (Å²) in [5.74, 6) is -2.77. The second kappa shape index (κ2) is 2.44. The van der Waals surface area contributed by atoms with Gasteiger partial charge >= 0.3 is 0 Å². The summed E-state index contributed by atoms with van der Waals surface area (Å²) in [5.41, 5.74) is -0.668. The summed E-state index contributed by atoms with van der Waals surface area (Å²) >= 11 is 0. The maximum Gasteiger partial charge on any atom is 0.258 e. The topological polar surface area (TPSA) is 3.24 Å². The standard InChI is InChI=1S/C10H17F2N/c1-7(2)13-5-4-9(3)8(6-13)10(9,11)12/h7-8H,4-6H2,1-3H3. The molecule has 2 rings (SSSR count). The Hall–Kier alpha value is -0.180. The van der Waals surface area contributed by atoms with E-state index in [0.29, 0.717) is 19.0 Å². The van der Waals surface area contributed by atoms with Gasteiger partial charge in [0.15, 0.2) is 0 Å². The molecule has 0 aromatic carbocycles. The lowest BCUT2D eigenvalue weighted by atomic mass is 9.97.